The first-order valence-corrected chi connectivity index (χ1v) is 9.07. The van der Waals surface area contributed by atoms with Crippen molar-refractivity contribution < 1.29 is 14.2 Å². The zero-order chi connectivity index (χ0) is 19.0. The molecule has 0 spiro atoms. The highest BCUT2D eigenvalue weighted by Gasteiger charge is 2.29. The predicted molar refractivity (Wildman–Crippen MR) is 99.9 cm³/mol. The number of piperidine rings is 1. The molecular weight excluding hydrogens is 351 g/mol. The van der Waals surface area contributed by atoms with Gasteiger partial charge in [-0.25, -0.2) is 8.91 Å². The zero-order valence-electron chi connectivity index (χ0n) is 15.2. The van der Waals surface area contributed by atoms with Crippen LogP contribution in [-0.4, -0.2) is 69.4 Å². The fraction of sp³-hybridized carbons (Fsp3) is 0.500. The number of hydrogen-bond acceptors (Lipinski definition) is 7. The summed E-state index contributed by atoms with van der Waals surface area (Å²) in [6, 6.07) is 2.20. The van der Waals surface area contributed by atoms with E-state index in [-0.39, 0.29) is 17.3 Å². The molecule has 0 aromatic carbocycles. The van der Waals surface area contributed by atoms with E-state index >= 15 is 0 Å². The SMILES string of the molecule is CC(=NC1CCN(C2COC2)CC1)/C(=N\N)c1cc(O)c2c(F)cnn2c1. The van der Waals surface area contributed by atoms with E-state index in [1.807, 2.05) is 6.92 Å². The van der Waals surface area contributed by atoms with Crippen molar-refractivity contribution in [3.8, 4) is 5.75 Å². The molecule has 0 unspecified atom stereocenters. The summed E-state index contributed by atoms with van der Waals surface area (Å²) < 4.78 is 20.2. The van der Waals surface area contributed by atoms with Gasteiger partial charge in [-0.3, -0.25) is 9.89 Å². The molecule has 0 amide bonds. The first kappa shape index (κ1) is 17.9. The Morgan fingerprint density at radius 2 is 2.11 bits per heavy atom. The van der Waals surface area contributed by atoms with E-state index in [0.29, 0.717) is 23.0 Å². The molecular formula is C18H23FN6O2. The highest BCUT2D eigenvalue weighted by molar-refractivity contribution is 6.47. The van der Waals surface area contributed by atoms with Gasteiger partial charge < -0.3 is 15.7 Å². The van der Waals surface area contributed by atoms with E-state index in [4.69, 9.17) is 15.6 Å². The van der Waals surface area contributed by atoms with Gasteiger partial charge >= 0.3 is 0 Å². The van der Waals surface area contributed by atoms with Gasteiger partial charge in [0.05, 0.1) is 37.2 Å². The standard InChI is InChI=1S/C18H23FN6O2/c1-11(22-13-2-4-24(5-3-13)14-9-27-10-14)17(23-20)12-6-16(26)18-15(19)7-21-25(18)8-12/h6-8,13-14,26H,2-5,9-10,20H2,1H3/b22-11?,23-17+. The van der Waals surface area contributed by atoms with Crippen LogP contribution in [0.5, 0.6) is 5.75 Å². The minimum Gasteiger partial charge on any atom is -0.506 e. The molecule has 2 aromatic rings. The normalized spacial score (nSPS) is 21.0. The lowest BCUT2D eigenvalue weighted by molar-refractivity contribution is -0.0709. The summed E-state index contributed by atoms with van der Waals surface area (Å²) in [6.45, 7) is 5.52. The number of aromatic nitrogens is 2. The molecule has 2 saturated heterocycles. The maximum atomic E-state index is 13.7. The molecule has 0 aliphatic carbocycles. The lowest BCUT2D eigenvalue weighted by Gasteiger charge is -2.40. The second-order valence-electron chi connectivity index (χ2n) is 7.05. The molecule has 9 heteroatoms. The zero-order valence-corrected chi connectivity index (χ0v) is 15.2. The number of aliphatic imine (C=N–C) groups is 1. The molecule has 0 radical (unpaired) electrons. The highest BCUT2D eigenvalue weighted by atomic mass is 19.1. The molecule has 2 fully saturated rings. The van der Waals surface area contributed by atoms with Gasteiger partial charge in [0.15, 0.2) is 5.82 Å². The van der Waals surface area contributed by atoms with E-state index in [9.17, 15) is 9.50 Å². The number of nitrogens with zero attached hydrogens (tertiary/aromatic N) is 5. The van der Waals surface area contributed by atoms with Crippen LogP contribution in [0.4, 0.5) is 4.39 Å². The van der Waals surface area contributed by atoms with Crippen LogP contribution in [0.25, 0.3) is 5.52 Å². The third-order valence-corrected chi connectivity index (χ3v) is 5.30. The first-order chi connectivity index (χ1) is 13.1. The third kappa shape index (κ3) is 3.40. The lowest BCUT2D eigenvalue weighted by atomic mass is 10.0. The lowest BCUT2D eigenvalue weighted by Crippen LogP contribution is -2.52. The Labute approximate surface area is 156 Å². The van der Waals surface area contributed by atoms with Crippen molar-refractivity contribution >= 4 is 16.9 Å². The molecule has 27 heavy (non-hydrogen) atoms. The summed E-state index contributed by atoms with van der Waals surface area (Å²) in [5.41, 5.74) is 1.71. The molecule has 8 nitrogen and oxygen atoms in total. The summed E-state index contributed by atoms with van der Waals surface area (Å²) in [5, 5.41) is 17.9. The molecule has 0 atom stereocenters. The predicted octanol–water partition coefficient (Wildman–Crippen LogP) is 1.17. The van der Waals surface area contributed by atoms with Crippen molar-refractivity contribution in [2.24, 2.45) is 15.9 Å². The number of halogens is 1. The fourth-order valence-electron chi connectivity index (χ4n) is 3.72. The van der Waals surface area contributed by atoms with Crippen LogP contribution in [-0.2, 0) is 4.74 Å². The van der Waals surface area contributed by atoms with Gasteiger partial charge in [0.2, 0.25) is 0 Å². The average Bonchev–Trinajstić information content (AvgIpc) is 2.97. The van der Waals surface area contributed by atoms with Crippen LogP contribution in [0.15, 0.2) is 28.6 Å². The van der Waals surface area contributed by atoms with Crippen molar-refractivity contribution in [1.82, 2.24) is 14.5 Å². The number of fused-ring (bicyclic) bond motifs is 1. The number of likely N-dealkylation sites (tertiary alicyclic amines) is 1. The smallest absolute Gasteiger partial charge is 0.172 e. The van der Waals surface area contributed by atoms with Gasteiger partial charge in [-0.1, -0.05) is 0 Å². The second kappa shape index (κ2) is 7.24. The third-order valence-electron chi connectivity index (χ3n) is 5.30. The maximum Gasteiger partial charge on any atom is 0.172 e. The van der Waals surface area contributed by atoms with E-state index in [2.05, 4.69) is 15.1 Å². The largest absolute Gasteiger partial charge is 0.506 e. The van der Waals surface area contributed by atoms with Gasteiger partial charge in [-0.15, -0.1) is 0 Å². The molecule has 2 aliphatic rings. The van der Waals surface area contributed by atoms with Crippen LogP contribution in [0.2, 0.25) is 0 Å². The second-order valence-corrected chi connectivity index (χ2v) is 7.05. The van der Waals surface area contributed by atoms with Crippen LogP contribution in [0.3, 0.4) is 0 Å². The molecule has 2 aliphatic heterocycles. The molecule has 4 rings (SSSR count). The van der Waals surface area contributed by atoms with Crippen LogP contribution < -0.4 is 5.84 Å². The van der Waals surface area contributed by atoms with Crippen molar-refractivity contribution in [1.29, 1.82) is 0 Å². The summed E-state index contributed by atoms with van der Waals surface area (Å²) >= 11 is 0. The van der Waals surface area contributed by atoms with E-state index in [1.165, 1.54) is 10.6 Å². The number of rotatable bonds is 4. The molecule has 144 valence electrons. The fourth-order valence-corrected chi connectivity index (χ4v) is 3.72. The van der Waals surface area contributed by atoms with Crippen molar-refractivity contribution in [2.75, 3.05) is 26.3 Å². The summed E-state index contributed by atoms with van der Waals surface area (Å²) in [6.07, 6.45) is 4.59. The number of ether oxygens (including phenoxy) is 1. The minimum atomic E-state index is -0.584. The Morgan fingerprint density at radius 3 is 2.74 bits per heavy atom. The van der Waals surface area contributed by atoms with Crippen LogP contribution >= 0.6 is 0 Å². The number of nitrogens with two attached hydrogens (primary N) is 1. The van der Waals surface area contributed by atoms with Crippen molar-refractivity contribution in [3.05, 3.63) is 29.8 Å². The van der Waals surface area contributed by atoms with E-state index < -0.39 is 5.82 Å². The molecule has 2 aromatic heterocycles. The topological polar surface area (TPSA) is 101 Å². The Morgan fingerprint density at radius 1 is 1.37 bits per heavy atom. The Kier molecular flexibility index (Phi) is 4.79. The first-order valence-electron chi connectivity index (χ1n) is 9.07. The monoisotopic (exact) mass is 374 g/mol. The molecule has 4 heterocycles. The number of aromatic hydroxyl groups is 1. The Bertz CT molecular complexity index is 897. The van der Waals surface area contributed by atoms with Crippen molar-refractivity contribution in [2.45, 2.75) is 31.8 Å². The maximum absolute atomic E-state index is 13.7. The molecule has 0 bridgehead atoms. The summed E-state index contributed by atoms with van der Waals surface area (Å²) in [4.78, 5) is 7.26. The Balaban J connectivity index is 1.51. The van der Waals surface area contributed by atoms with E-state index in [1.54, 1.807) is 6.20 Å². The number of hydrogen-bond donors (Lipinski definition) is 2. The average molecular weight is 374 g/mol. The van der Waals surface area contributed by atoms with Gasteiger partial charge in [0.25, 0.3) is 0 Å². The summed E-state index contributed by atoms with van der Waals surface area (Å²) in [7, 11) is 0. The van der Waals surface area contributed by atoms with E-state index in [0.717, 1.165) is 45.3 Å². The minimum absolute atomic E-state index is 0.0251. The van der Waals surface area contributed by atoms with Gasteiger partial charge in [0, 0.05) is 24.8 Å². The molecule has 0 saturated carbocycles. The highest BCUT2D eigenvalue weighted by Crippen LogP contribution is 2.24. The van der Waals surface area contributed by atoms with Crippen LogP contribution in [0, 0.1) is 5.82 Å². The van der Waals surface area contributed by atoms with Gasteiger partial charge in [-0.2, -0.15) is 10.2 Å². The van der Waals surface area contributed by atoms with Gasteiger partial charge in [0.1, 0.15) is 17.0 Å². The number of hydrazone groups is 1. The quantitative estimate of drug-likeness (QED) is 0.475. The van der Waals surface area contributed by atoms with Crippen LogP contribution in [0.1, 0.15) is 25.3 Å². The number of pyridine rings is 1. The van der Waals surface area contributed by atoms with Crippen molar-refractivity contribution in [3.63, 3.8) is 0 Å². The summed E-state index contributed by atoms with van der Waals surface area (Å²) in [5.74, 6) is 4.80. The Hall–Kier alpha value is -2.52. The van der Waals surface area contributed by atoms with Gasteiger partial charge in [-0.05, 0) is 25.8 Å². The molecule has 3 N–H and O–H groups in total.